The first kappa shape index (κ1) is 10.6. The molecule has 0 aliphatic rings. The Morgan fingerprint density at radius 3 is 2.36 bits per heavy atom. The summed E-state index contributed by atoms with van der Waals surface area (Å²) in [5, 5.41) is 4.96. The minimum atomic E-state index is -0.718. The Kier molecular flexibility index (Phi) is 3.53. The Bertz CT molecular complexity index is 321. The van der Waals surface area contributed by atoms with Crippen LogP contribution in [0, 0.1) is 11.6 Å². The number of carbonyl (C=O) groups excluding carboxylic acids is 1. The maximum atomic E-state index is 12.7. The van der Waals surface area contributed by atoms with Crippen LogP contribution in [0.4, 0.5) is 14.5 Å². The van der Waals surface area contributed by atoms with Gasteiger partial charge in [0.2, 0.25) is 5.91 Å². The Morgan fingerprint density at radius 2 is 1.86 bits per heavy atom. The SMILES string of the molecule is CNCC(=O)Nc1cc(F)cc(F)c1. The van der Waals surface area contributed by atoms with Gasteiger partial charge in [0, 0.05) is 11.8 Å². The highest BCUT2D eigenvalue weighted by molar-refractivity contribution is 5.92. The van der Waals surface area contributed by atoms with Crippen LogP contribution < -0.4 is 10.6 Å². The Labute approximate surface area is 80.1 Å². The van der Waals surface area contributed by atoms with Crippen molar-refractivity contribution in [2.75, 3.05) is 18.9 Å². The van der Waals surface area contributed by atoms with Crippen LogP contribution in [0.15, 0.2) is 18.2 Å². The van der Waals surface area contributed by atoms with E-state index in [-0.39, 0.29) is 18.1 Å². The van der Waals surface area contributed by atoms with Crippen molar-refractivity contribution in [1.82, 2.24) is 5.32 Å². The first-order chi connectivity index (χ1) is 6.61. The van der Waals surface area contributed by atoms with Crippen LogP contribution in [-0.2, 0) is 4.79 Å². The number of likely N-dealkylation sites (N-methyl/N-ethyl adjacent to an activating group) is 1. The van der Waals surface area contributed by atoms with Gasteiger partial charge < -0.3 is 10.6 Å². The van der Waals surface area contributed by atoms with Gasteiger partial charge >= 0.3 is 0 Å². The molecule has 76 valence electrons. The molecule has 0 aliphatic heterocycles. The minimum Gasteiger partial charge on any atom is -0.325 e. The van der Waals surface area contributed by atoms with Gasteiger partial charge in [-0.1, -0.05) is 0 Å². The van der Waals surface area contributed by atoms with Crippen molar-refractivity contribution in [1.29, 1.82) is 0 Å². The third-order valence-corrected chi connectivity index (χ3v) is 1.48. The molecule has 0 fully saturated rings. The van der Waals surface area contributed by atoms with Gasteiger partial charge in [-0.25, -0.2) is 8.78 Å². The van der Waals surface area contributed by atoms with Crippen molar-refractivity contribution in [2.24, 2.45) is 0 Å². The summed E-state index contributed by atoms with van der Waals surface area (Å²) in [6.45, 7) is 0.0954. The van der Waals surface area contributed by atoms with Gasteiger partial charge in [-0.15, -0.1) is 0 Å². The van der Waals surface area contributed by atoms with E-state index in [4.69, 9.17) is 0 Å². The lowest BCUT2D eigenvalue weighted by atomic mass is 10.3. The van der Waals surface area contributed by atoms with E-state index >= 15 is 0 Å². The van der Waals surface area contributed by atoms with E-state index in [1.807, 2.05) is 0 Å². The average Bonchev–Trinajstić information content (AvgIpc) is 2.01. The fourth-order valence-electron chi connectivity index (χ4n) is 0.992. The van der Waals surface area contributed by atoms with Crippen molar-refractivity contribution < 1.29 is 13.6 Å². The number of nitrogens with one attached hydrogen (secondary N) is 2. The first-order valence-electron chi connectivity index (χ1n) is 4.02. The molecule has 1 rings (SSSR count). The molecule has 0 aromatic heterocycles. The summed E-state index contributed by atoms with van der Waals surface area (Å²) >= 11 is 0. The van der Waals surface area contributed by atoms with Crippen molar-refractivity contribution >= 4 is 11.6 Å². The van der Waals surface area contributed by atoms with Crippen LogP contribution in [0.3, 0.4) is 0 Å². The van der Waals surface area contributed by atoms with Crippen molar-refractivity contribution in [2.45, 2.75) is 0 Å². The normalized spacial score (nSPS) is 9.93. The summed E-state index contributed by atoms with van der Waals surface area (Å²) in [5.74, 6) is -1.79. The molecule has 0 aliphatic carbocycles. The Balaban J connectivity index is 2.71. The predicted molar refractivity (Wildman–Crippen MR) is 48.9 cm³/mol. The number of hydrogen-bond donors (Lipinski definition) is 2. The summed E-state index contributed by atoms with van der Waals surface area (Å²) in [5.41, 5.74) is 0.114. The number of benzene rings is 1. The zero-order valence-electron chi connectivity index (χ0n) is 7.60. The van der Waals surface area contributed by atoms with E-state index in [1.54, 1.807) is 7.05 Å². The number of carbonyl (C=O) groups is 1. The molecule has 0 saturated heterocycles. The summed E-state index contributed by atoms with van der Waals surface area (Å²) in [4.78, 5) is 11.0. The molecule has 0 radical (unpaired) electrons. The van der Waals surface area contributed by atoms with E-state index in [0.717, 1.165) is 18.2 Å². The number of anilines is 1. The molecule has 0 saturated carbocycles. The average molecular weight is 200 g/mol. The van der Waals surface area contributed by atoms with Crippen molar-refractivity contribution in [3.63, 3.8) is 0 Å². The summed E-state index contributed by atoms with van der Waals surface area (Å²) in [7, 11) is 1.60. The molecule has 0 atom stereocenters. The van der Waals surface area contributed by atoms with E-state index in [0.29, 0.717) is 0 Å². The van der Waals surface area contributed by atoms with Crippen LogP contribution >= 0.6 is 0 Å². The van der Waals surface area contributed by atoms with E-state index in [9.17, 15) is 13.6 Å². The number of halogens is 2. The summed E-state index contributed by atoms with van der Waals surface area (Å²) in [6.07, 6.45) is 0. The van der Waals surface area contributed by atoms with Crippen LogP contribution in [-0.4, -0.2) is 19.5 Å². The predicted octanol–water partition coefficient (Wildman–Crippen LogP) is 1.12. The third-order valence-electron chi connectivity index (χ3n) is 1.48. The Hall–Kier alpha value is -1.49. The van der Waals surface area contributed by atoms with Crippen LogP contribution in [0.2, 0.25) is 0 Å². The highest BCUT2D eigenvalue weighted by atomic mass is 19.1. The van der Waals surface area contributed by atoms with Crippen LogP contribution in [0.1, 0.15) is 0 Å². The molecule has 1 amide bonds. The summed E-state index contributed by atoms with van der Waals surface area (Å²) in [6, 6.07) is 2.85. The summed E-state index contributed by atoms with van der Waals surface area (Å²) < 4.78 is 25.3. The zero-order chi connectivity index (χ0) is 10.6. The second-order valence-corrected chi connectivity index (χ2v) is 2.74. The smallest absolute Gasteiger partial charge is 0.238 e. The van der Waals surface area contributed by atoms with Crippen LogP contribution in [0.5, 0.6) is 0 Å². The second-order valence-electron chi connectivity index (χ2n) is 2.74. The number of hydrogen-bond acceptors (Lipinski definition) is 2. The van der Waals surface area contributed by atoms with Gasteiger partial charge in [0.15, 0.2) is 0 Å². The molecule has 2 N–H and O–H groups in total. The number of rotatable bonds is 3. The fourth-order valence-corrected chi connectivity index (χ4v) is 0.992. The number of amides is 1. The maximum Gasteiger partial charge on any atom is 0.238 e. The molecule has 5 heteroatoms. The third kappa shape index (κ3) is 3.10. The lowest BCUT2D eigenvalue weighted by Crippen LogP contribution is -2.25. The topological polar surface area (TPSA) is 41.1 Å². The highest BCUT2D eigenvalue weighted by Gasteiger charge is 2.03. The van der Waals surface area contributed by atoms with Gasteiger partial charge in [0.05, 0.1) is 6.54 Å². The highest BCUT2D eigenvalue weighted by Crippen LogP contribution is 2.12. The molecule has 3 nitrogen and oxygen atoms in total. The molecule has 0 heterocycles. The molecule has 0 bridgehead atoms. The van der Waals surface area contributed by atoms with Gasteiger partial charge in [-0.3, -0.25) is 4.79 Å². The van der Waals surface area contributed by atoms with Crippen LogP contribution in [0.25, 0.3) is 0 Å². The lowest BCUT2D eigenvalue weighted by molar-refractivity contribution is -0.115. The minimum absolute atomic E-state index is 0.0954. The quantitative estimate of drug-likeness (QED) is 0.767. The standard InChI is InChI=1S/C9H10F2N2O/c1-12-5-9(14)13-8-3-6(10)2-7(11)4-8/h2-4,12H,5H2,1H3,(H,13,14). The molecule has 0 spiro atoms. The van der Waals surface area contributed by atoms with Gasteiger partial charge in [0.25, 0.3) is 0 Å². The fraction of sp³-hybridized carbons (Fsp3) is 0.222. The molecule has 1 aromatic rings. The zero-order valence-corrected chi connectivity index (χ0v) is 7.60. The van der Waals surface area contributed by atoms with Gasteiger partial charge in [-0.05, 0) is 19.2 Å². The van der Waals surface area contributed by atoms with E-state index in [1.165, 1.54) is 0 Å². The van der Waals surface area contributed by atoms with E-state index < -0.39 is 11.6 Å². The molecule has 14 heavy (non-hydrogen) atoms. The van der Waals surface area contributed by atoms with Crippen molar-refractivity contribution in [3.05, 3.63) is 29.8 Å². The van der Waals surface area contributed by atoms with Gasteiger partial charge in [-0.2, -0.15) is 0 Å². The van der Waals surface area contributed by atoms with E-state index in [2.05, 4.69) is 10.6 Å². The molecule has 1 aromatic carbocycles. The lowest BCUT2D eigenvalue weighted by Gasteiger charge is -2.04. The maximum absolute atomic E-state index is 12.7. The molecular formula is C9H10F2N2O. The monoisotopic (exact) mass is 200 g/mol. The van der Waals surface area contributed by atoms with Crippen molar-refractivity contribution in [3.8, 4) is 0 Å². The molecule has 0 unspecified atom stereocenters. The van der Waals surface area contributed by atoms with Gasteiger partial charge in [0.1, 0.15) is 11.6 Å². The molecular weight excluding hydrogens is 190 g/mol. The first-order valence-corrected chi connectivity index (χ1v) is 4.02. The second kappa shape index (κ2) is 4.66. The largest absolute Gasteiger partial charge is 0.325 e. The Morgan fingerprint density at radius 1 is 1.29 bits per heavy atom.